The number of amides is 1. The van der Waals surface area contributed by atoms with Crippen LogP contribution in [0.2, 0.25) is 0 Å². The Bertz CT molecular complexity index is 206. The summed E-state index contributed by atoms with van der Waals surface area (Å²) in [6.07, 6.45) is 4.57. The third-order valence-corrected chi connectivity index (χ3v) is 2.23. The molecule has 1 aliphatic carbocycles. The Morgan fingerprint density at radius 3 is 2.55 bits per heavy atom. The fourth-order valence-corrected chi connectivity index (χ4v) is 1.64. The largest absolute Gasteiger partial charge is 0.454 e. The Morgan fingerprint density at radius 1 is 1.27 bits per heavy atom. The quantitative estimate of drug-likeness (QED) is 0.537. The van der Waals surface area contributed by atoms with E-state index in [2.05, 4.69) is 10.2 Å². The van der Waals surface area contributed by atoms with Crippen LogP contribution in [0.15, 0.2) is 10.2 Å². The van der Waals surface area contributed by atoms with Crippen molar-refractivity contribution in [1.82, 2.24) is 0 Å². The van der Waals surface area contributed by atoms with Crippen molar-refractivity contribution in [3.63, 3.8) is 0 Å². The zero-order chi connectivity index (χ0) is 7.73. The fraction of sp³-hybridized carbons (Fsp3) is 0.857. The van der Waals surface area contributed by atoms with Gasteiger partial charge in [0, 0.05) is 12.8 Å². The molecule has 1 heterocycles. The molecule has 0 radical (unpaired) electrons. The van der Waals surface area contributed by atoms with Crippen LogP contribution in [-0.2, 0) is 4.74 Å². The number of carbonyl (C=O) groups is 1. The van der Waals surface area contributed by atoms with Gasteiger partial charge in [0.05, 0.1) is 0 Å². The van der Waals surface area contributed by atoms with E-state index in [4.69, 9.17) is 4.74 Å². The molecular formula is C7H10N2O2. The Kier molecular flexibility index (Phi) is 1.41. The monoisotopic (exact) mass is 154 g/mol. The summed E-state index contributed by atoms with van der Waals surface area (Å²) in [5.41, 5.74) is -0.546. The highest BCUT2D eigenvalue weighted by molar-refractivity contribution is 5.69. The molecule has 4 heteroatoms. The van der Waals surface area contributed by atoms with Gasteiger partial charge < -0.3 is 4.74 Å². The first-order valence-electron chi connectivity index (χ1n) is 3.97. The maximum Gasteiger partial charge on any atom is 0.454 e. The minimum Gasteiger partial charge on any atom is -0.417 e. The molecule has 11 heavy (non-hydrogen) atoms. The van der Waals surface area contributed by atoms with Crippen molar-refractivity contribution < 1.29 is 9.53 Å². The molecule has 0 aromatic heterocycles. The van der Waals surface area contributed by atoms with E-state index in [9.17, 15) is 4.79 Å². The summed E-state index contributed by atoms with van der Waals surface area (Å²) in [7, 11) is 0. The van der Waals surface area contributed by atoms with Crippen molar-refractivity contribution in [2.75, 3.05) is 0 Å². The summed E-state index contributed by atoms with van der Waals surface area (Å²) >= 11 is 0. The van der Waals surface area contributed by atoms with Crippen LogP contribution in [0.4, 0.5) is 4.79 Å². The molecule has 2 rings (SSSR count). The van der Waals surface area contributed by atoms with Crippen molar-refractivity contribution in [3.05, 3.63) is 0 Å². The van der Waals surface area contributed by atoms with Gasteiger partial charge in [-0.3, -0.25) is 0 Å². The maximum atomic E-state index is 10.6. The van der Waals surface area contributed by atoms with Crippen LogP contribution in [-0.4, -0.2) is 11.8 Å². The molecule has 0 atom stereocenters. The predicted octanol–water partition coefficient (Wildman–Crippen LogP) is 2.25. The summed E-state index contributed by atoms with van der Waals surface area (Å²) in [5, 5.41) is 7.24. The van der Waals surface area contributed by atoms with Gasteiger partial charge in [-0.05, 0) is 12.8 Å². The number of hydrogen-bond donors (Lipinski definition) is 0. The van der Waals surface area contributed by atoms with Crippen molar-refractivity contribution >= 4 is 6.09 Å². The first-order chi connectivity index (χ1) is 5.31. The highest BCUT2D eigenvalue weighted by atomic mass is 16.6. The summed E-state index contributed by atoms with van der Waals surface area (Å²) in [6, 6.07) is 0. The summed E-state index contributed by atoms with van der Waals surface area (Å²) in [5.74, 6) is 0. The van der Waals surface area contributed by atoms with E-state index in [0.29, 0.717) is 0 Å². The smallest absolute Gasteiger partial charge is 0.417 e. The Morgan fingerprint density at radius 2 is 2.00 bits per heavy atom. The average molecular weight is 154 g/mol. The third-order valence-electron chi connectivity index (χ3n) is 2.23. The summed E-state index contributed by atoms with van der Waals surface area (Å²) < 4.78 is 5.02. The second kappa shape index (κ2) is 2.29. The summed E-state index contributed by atoms with van der Waals surface area (Å²) in [4.78, 5) is 10.6. The standard InChI is InChI=1S/C7H10N2O2/c10-6-8-9-7(11-6)4-2-1-3-5-7/h1-5H2. The van der Waals surface area contributed by atoms with Gasteiger partial charge in [0.1, 0.15) is 0 Å². The molecule has 0 N–H and O–H groups in total. The Labute approximate surface area is 64.6 Å². The highest BCUT2D eigenvalue weighted by Gasteiger charge is 2.40. The van der Waals surface area contributed by atoms with Crippen molar-refractivity contribution in [3.8, 4) is 0 Å². The van der Waals surface area contributed by atoms with Crippen molar-refractivity contribution in [2.45, 2.75) is 37.8 Å². The van der Waals surface area contributed by atoms with E-state index >= 15 is 0 Å². The first-order valence-corrected chi connectivity index (χ1v) is 3.97. The van der Waals surface area contributed by atoms with Crippen LogP contribution in [0, 0.1) is 0 Å². The van der Waals surface area contributed by atoms with Crippen LogP contribution >= 0.6 is 0 Å². The van der Waals surface area contributed by atoms with Crippen LogP contribution in [0.5, 0.6) is 0 Å². The number of nitrogens with zero attached hydrogens (tertiary/aromatic N) is 2. The molecule has 4 nitrogen and oxygen atoms in total. The summed E-state index contributed by atoms with van der Waals surface area (Å²) in [6.45, 7) is 0. The lowest BCUT2D eigenvalue weighted by Crippen LogP contribution is -2.30. The Hall–Kier alpha value is -0.930. The number of carbonyl (C=O) groups excluding carboxylic acids is 1. The zero-order valence-corrected chi connectivity index (χ0v) is 6.25. The van der Waals surface area contributed by atoms with Gasteiger partial charge in [0.2, 0.25) is 5.72 Å². The SMILES string of the molecule is O=C1N=NC2(CCCCC2)O1. The number of rotatable bonds is 0. The van der Waals surface area contributed by atoms with Crippen LogP contribution in [0.25, 0.3) is 0 Å². The van der Waals surface area contributed by atoms with E-state index in [1.807, 2.05) is 0 Å². The van der Waals surface area contributed by atoms with Gasteiger partial charge in [-0.1, -0.05) is 11.5 Å². The maximum absolute atomic E-state index is 10.6. The van der Waals surface area contributed by atoms with E-state index in [0.717, 1.165) is 25.7 Å². The van der Waals surface area contributed by atoms with E-state index in [1.54, 1.807) is 0 Å². The van der Waals surface area contributed by atoms with Crippen LogP contribution < -0.4 is 0 Å². The third kappa shape index (κ3) is 1.13. The average Bonchev–Trinajstić information content (AvgIpc) is 2.34. The number of ether oxygens (including phenoxy) is 1. The molecule has 2 aliphatic rings. The molecule has 1 saturated carbocycles. The lowest BCUT2D eigenvalue weighted by molar-refractivity contribution is 0.0138. The topological polar surface area (TPSA) is 51.0 Å². The molecule has 0 bridgehead atoms. The van der Waals surface area contributed by atoms with E-state index in [1.165, 1.54) is 6.42 Å². The number of azo groups is 1. The molecule has 0 unspecified atom stereocenters. The minimum atomic E-state index is -0.546. The van der Waals surface area contributed by atoms with Crippen molar-refractivity contribution in [1.29, 1.82) is 0 Å². The molecule has 1 spiro atoms. The highest BCUT2D eigenvalue weighted by Crippen LogP contribution is 2.36. The molecule has 1 fully saturated rings. The second-order valence-corrected chi connectivity index (χ2v) is 3.07. The minimum absolute atomic E-state index is 0.521. The molecular weight excluding hydrogens is 144 g/mol. The van der Waals surface area contributed by atoms with Gasteiger partial charge in [0.25, 0.3) is 0 Å². The van der Waals surface area contributed by atoms with E-state index in [-0.39, 0.29) is 0 Å². The molecule has 60 valence electrons. The van der Waals surface area contributed by atoms with Gasteiger partial charge in [0.15, 0.2) is 0 Å². The lowest BCUT2D eigenvalue weighted by Gasteiger charge is -2.26. The van der Waals surface area contributed by atoms with Gasteiger partial charge >= 0.3 is 6.09 Å². The lowest BCUT2D eigenvalue weighted by atomic mass is 9.92. The van der Waals surface area contributed by atoms with Gasteiger partial charge in [-0.15, -0.1) is 5.11 Å². The molecule has 1 aliphatic heterocycles. The molecule has 0 aromatic carbocycles. The molecule has 1 amide bonds. The second-order valence-electron chi connectivity index (χ2n) is 3.07. The van der Waals surface area contributed by atoms with Crippen LogP contribution in [0.1, 0.15) is 32.1 Å². The van der Waals surface area contributed by atoms with E-state index < -0.39 is 11.8 Å². The fourth-order valence-electron chi connectivity index (χ4n) is 1.64. The molecule has 0 saturated heterocycles. The number of hydrogen-bond acceptors (Lipinski definition) is 3. The van der Waals surface area contributed by atoms with Gasteiger partial charge in [-0.2, -0.15) is 0 Å². The van der Waals surface area contributed by atoms with Crippen LogP contribution in [0.3, 0.4) is 0 Å². The molecule has 0 aromatic rings. The first kappa shape index (κ1) is 6.76. The zero-order valence-electron chi connectivity index (χ0n) is 6.25. The van der Waals surface area contributed by atoms with Gasteiger partial charge in [-0.25, -0.2) is 4.79 Å². The van der Waals surface area contributed by atoms with Crippen molar-refractivity contribution in [2.24, 2.45) is 10.2 Å². The Balaban J connectivity index is 2.10. The normalized spacial score (nSPS) is 27.5. The predicted molar refractivity (Wildman–Crippen MR) is 37.2 cm³/mol.